The summed E-state index contributed by atoms with van der Waals surface area (Å²) in [6.07, 6.45) is -0.363. The van der Waals surface area contributed by atoms with E-state index in [9.17, 15) is 9.59 Å². The Hall–Kier alpha value is -1.88. The summed E-state index contributed by atoms with van der Waals surface area (Å²) in [6, 6.07) is 2.95. The van der Waals surface area contributed by atoms with Gasteiger partial charge in [0.05, 0.1) is 12.5 Å². The lowest BCUT2D eigenvalue weighted by atomic mass is 9.99. The molecule has 19 heavy (non-hydrogen) atoms. The summed E-state index contributed by atoms with van der Waals surface area (Å²) in [4.78, 5) is 22.1. The van der Waals surface area contributed by atoms with Crippen molar-refractivity contribution in [3.8, 4) is 0 Å². The lowest BCUT2D eigenvalue weighted by molar-refractivity contribution is -0.139. The van der Waals surface area contributed by atoms with Crippen LogP contribution in [0.15, 0.2) is 12.1 Å². The van der Waals surface area contributed by atoms with Gasteiger partial charge in [0.25, 0.3) is 0 Å². The van der Waals surface area contributed by atoms with Crippen molar-refractivity contribution in [1.82, 2.24) is 5.32 Å². The van der Waals surface area contributed by atoms with E-state index in [0.29, 0.717) is 6.54 Å². The van der Waals surface area contributed by atoms with E-state index in [1.807, 2.05) is 32.9 Å². The Morgan fingerprint density at radius 1 is 1.26 bits per heavy atom. The Labute approximate surface area is 112 Å². The van der Waals surface area contributed by atoms with Crippen molar-refractivity contribution in [2.45, 2.75) is 39.8 Å². The third-order valence-corrected chi connectivity index (χ3v) is 3.35. The molecule has 0 heterocycles. The van der Waals surface area contributed by atoms with Crippen molar-refractivity contribution in [2.24, 2.45) is 5.73 Å². The van der Waals surface area contributed by atoms with E-state index in [2.05, 4.69) is 5.32 Å². The summed E-state index contributed by atoms with van der Waals surface area (Å²) in [6.45, 7) is 6.43. The van der Waals surface area contributed by atoms with E-state index in [-0.39, 0.29) is 6.42 Å². The maximum Gasteiger partial charge on any atom is 0.305 e. The average Bonchev–Trinajstić information content (AvgIpc) is 2.34. The third kappa shape index (κ3) is 4.06. The van der Waals surface area contributed by atoms with Gasteiger partial charge in [0, 0.05) is 6.54 Å². The molecule has 0 aliphatic heterocycles. The molecule has 1 atom stereocenters. The molecule has 0 spiro atoms. The minimum Gasteiger partial charge on any atom is -0.481 e. The predicted molar refractivity (Wildman–Crippen MR) is 72.7 cm³/mol. The molecule has 0 saturated heterocycles. The Balaban J connectivity index is 2.65. The molecule has 0 fully saturated rings. The first kappa shape index (κ1) is 15.2. The molecule has 1 amide bonds. The number of hydrogen-bond donors (Lipinski definition) is 3. The van der Waals surface area contributed by atoms with Crippen molar-refractivity contribution in [3.63, 3.8) is 0 Å². The number of hydrogen-bond acceptors (Lipinski definition) is 3. The van der Waals surface area contributed by atoms with E-state index in [1.165, 1.54) is 11.1 Å². The molecule has 0 saturated carbocycles. The van der Waals surface area contributed by atoms with Gasteiger partial charge in [0.1, 0.15) is 0 Å². The van der Waals surface area contributed by atoms with Gasteiger partial charge in [0.2, 0.25) is 5.91 Å². The van der Waals surface area contributed by atoms with Crippen molar-refractivity contribution >= 4 is 11.9 Å². The molecule has 4 N–H and O–H groups in total. The number of carbonyl (C=O) groups excluding carboxylic acids is 1. The van der Waals surface area contributed by atoms with Crippen molar-refractivity contribution in [1.29, 1.82) is 0 Å². The zero-order chi connectivity index (χ0) is 14.6. The molecule has 0 radical (unpaired) electrons. The summed E-state index contributed by atoms with van der Waals surface area (Å²) in [5.74, 6) is -1.52. The Kier molecular flexibility index (Phi) is 5.06. The number of carboxylic acid groups (broad SMARTS) is 1. The molecule has 0 aliphatic carbocycles. The van der Waals surface area contributed by atoms with Crippen molar-refractivity contribution in [2.75, 3.05) is 0 Å². The number of amides is 1. The van der Waals surface area contributed by atoms with Crippen LogP contribution in [0.4, 0.5) is 0 Å². The Morgan fingerprint density at radius 2 is 1.89 bits per heavy atom. The van der Waals surface area contributed by atoms with Gasteiger partial charge in [0.15, 0.2) is 0 Å². The third-order valence-electron chi connectivity index (χ3n) is 3.35. The first-order valence-corrected chi connectivity index (χ1v) is 6.13. The number of carbonyl (C=O) groups is 2. The van der Waals surface area contributed by atoms with Crippen LogP contribution < -0.4 is 11.1 Å². The molecular formula is C14H20N2O3. The SMILES string of the molecule is Cc1ccc(CNC(=O)C(N)CC(=O)O)c(C)c1C. The normalized spacial score (nSPS) is 12.0. The average molecular weight is 264 g/mol. The van der Waals surface area contributed by atoms with Crippen LogP contribution in [0.25, 0.3) is 0 Å². The van der Waals surface area contributed by atoms with Crippen LogP contribution in [-0.4, -0.2) is 23.0 Å². The second kappa shape index (κ2) is 6.33. The minimum absolute atomic E-state index is 0.360. The highest BCUT2D eigenvalue weighted by atomic mass is 16.4. The molecule has 0 aliphatic rings. The maximum atomic E-state index is 11.6. The second-order valence-electron chi connectivity index (χ2n) is 4.71. The van der Waals surface area contributed by atoms with Crippen molar-refractivity contribution < 1.29 is 14.7 Å². The number of nitrogens with one attached hydrogen (secondary N) is 1. The predicted octanol–water partition coefficient (Wildman–Crippen LogP) is 1.03. The van der Waals surface area contributed by atoms with E-state index in [4.69, 9.17) is 10.8 Å². The number of benzene rings is 1. The second-order valence-corrected chi connectivity index (χ2v) is 4.71. The summed E-state index contributed by atoms with van der Waals surface area (Å²) < 4.78 is 0. The number of aryl methyl sites for hydroxylation is 1. The molecule has 1 aromatic carbocycles. The Morgan fingerprint density at radius 3 is 2.47 bits per heavy atom. The molecular weight excluding hydrogens is 244 g/mol. The molecule has 1 aromatic rings. The molecule has 0 bridgehead atoms. The topological polar surface area (TPSA) is 92.4 Å². The van der Waals surface area contributed by atoms with Crippen LogP contribution in [0, 0.1) is 20.8 Å². The fourth-order valence-electron chi connectivity index (χ4n) is 1.80. The highest BCUT2D eigenvalue weighted by Crippen LogP contribution is 2.16. The molecule has 1 rings (SSSR count). The van der Waals surface area contributed by atoms with Crippen LogP contribution >= 0.6 is 0 Å². The van der Waals surface area contributed by atoms with Crippen LogP contribution in [0.2, 0.25) is 0 Å². The van der Waals surface area contributed by atoms with E-state index < -0.39 is 17.9 Å². The minimum atomic E-state index is -1.08. The van der Waals surface area contributed by atoms with E-state index >= 15 is 0 Å². The summed E-state index contributed by atoms with van der Waals surface area (Å²) >= 11 is 0. The van der Waals surface area contributed by atoms with E-state index in [0.717, 1.165) is 11.1 Å². The van der Waals surface area contributed by atoms with Crippen LogP contribution in [0.5, 0.6) is 0 Å². The highest BCUT2D eigenvalue weighted by Gasteiger charge is 2.16. The first-order valence-electron chi connectivity index (χ1n) is 6.13. The van der Waals surface area contributed by atoms with Crippen LogP contribution in [0.1, 0.15) is 28.7 Å². The van der Waals surface area contributed by atoms with Gasteiger partial charge in [-0.1, -0.05) is 12.1 Å². The van der Waals surface area contributed by atoms with Gasteiger partial charge in [-0.05, 0) is 43.0 Å². The lowest BCUT2D eigenvalue weighted by Crippen LogP contribution is -2.41. The highest BCUT2D eigenvalue weighted by molar-refractivity contribution is 5.85. The zero-order valence-corrected chi connectivity index (χ0v) is 11.5. The van der Waals surface area contributed by atoms with Gasteiger partial charge < -0.3 is 16.2 Å². The van der Waals surface area contributed by atoms with Crippen LogP contribution in [-0.2, 0) is 16.1 Å². The molecule has 5 nitrogen and oxygen atoms in total. The summed E-state index contributed by atoms with van der Waals surface area (Å²) in [5.41, 5.74) is 10.0. The standard InChI is InChI=1S/C14H20N2O3/c1-8-4-5-11(10(3)9(8)2)7-16-14(19)12(15)6-13(17)18/h4-5,12H,6-7,15H2,1-3H3,(H,16,19)(H,17,18). The number of nitrogens with two attached hydrogens (primary N) is 1. The number of rotatable bonds is 5. The van der Waals surface area contributed by atoms with Gasteiger partial charge in [-0.15, -0.1) is 0 Å². The van der Waals surface area contributed by atoms with Crippen LogP contribution in [0.3, 0.4) is 0 Å². The van der Waals surface area contributed by atoms with Gasteiger partial charge in [-0.3, -0.25) is 9.59 Å². The number of carboxylic acids is 1. The summed E-state index contributed by atoms with van der Waals surface area (Å²) in [5, 5.41) is 11.2. The zero-order valence-electron chi connectivity index (χ0n) is 11.5. The smallest absolute Gasteiger partial charge is 0.305 e. The van der Waals surface area contributed by atoms with Gasteiger partial charge >= 0.3 is 5.97 Å². The lowest BCUT2D eigenvalue weighted by Gasteiger charge is -2.14. The monoisotopic (exact) mass is 264 g/mol. The fraction of sp³-hybridized carbons (Fsp3) is 0.429. The fourth-order valence-corrected chi connectivity index (χ4v) is 1.80. The van der Waals surface area contributed by atoms with Gasteiger partial charge in [-0.25, -0.2) is 0 Å². The maximum absolute atomic E-state index is 11.6. The summed E-state index contributed by atoms with van der Waals surface area (Å²) in [7, 11) is 0. The van der Waals surface area contributed by atoms with Gasteiger partial charge in [-0.2, -0.15) is 0 Å². The first-order chi connectivity index (χ1) is 8.82. The molecule has 1 unspecified atom stereocenters. The number of aliphatic carboxylic acids is 1. The van der Waals surface area contributed by atoms with E-state index in [1.54, 1.807) is 0 Å². The Bertz CT molecular complexity index is 498. The molecule has 5 heteroatoms. The molecule has 0 aromatic heterocycles. The molecule has 104 valence electrons. The quantitative estimate of drug-likeness (QED) is 0.740. The largest absolute Gasteiger partial charge is 0.481 e. The van der Waals surface area contributed by atoms with Crippen molar-refractivity contribution in [3.05, 3.63) is 34.4 Å².